The van der Waals surface area contributed by atoms with Crippen molar-refractivity contribution in [3.63, 3.8) is 0 Å². The molecule has 0 aromatic heterocycles. The van der Waals surface area contributed by atoms with Crippen LogP contribution in [-0.2, 0) is 25.6 Å². The topological polar surface area (TPSA) is 179 Å². The maximum absolute atomic E-state index is 12.6. The quantitative estimate of drug-likeness (QED) is 0.257. The highest BCUT2D eigenvalue weighted by Gasteiger charge is 2.29. The highest BCUT2D eigenvalue weighted by atomic mass is 32.2. The van der Waals surface area contributed by atoms with Crippen molar-refractivity contribution >= 4 is 35.5 Å². The molecule has 29 heavy (non-hydrogen) atoms. The molecule has 3 unspecified atom stereocenters. The number of amides is 2. The zero-order valence-electron chi connectivity index (χ0n) is 15.8. The number of aliphatic carboxylic acids is 2. The van der Waals surface area contributed by atoms with E-state index < -0.39 is 48.3 Å². The fraction of sp³-hybridized carbons (Fsp3) is 0.444. The molecule has 2 amide bonds. The van der Waals surface area contributed by atoms with E-state index in [1.165, 1.54) is 23.9 Å². The van der Waals surface area contributed by atoms with Crippen LogP contribution in [0.2, 0.25) is 0 Å². The molecule has 11 heteroatoms. The Morgan fingerprint density at radius 1 is 1.03 bits per heavy atom. The standard InChI is InChI=1S/C18H25N3O7S/c1-29-7-6-12(19)16(25)20-13(8-10-2-4-11(22)5-3-10)17(26)21-14(18(27)28)9-15(23)24/h2-5,12-14,22H,6-9,19H2,1H3,(H,20,25)(H,21,26)(H,23,24)(H,27,28). The first-order chi connectivity index (χ1) is 13.6. The number of nitrogens with one attached hydrogen (secondary N) is 2. The lowest BCUT2D eigenvalue weighted by Gasteiger charge is -2.22. The number of aromatic hydroxyl groups is 1. The van der Waals surface area contributed by atoms with Crippen molar-refractivity contribution in [2.24, 2.45) is 5.73 Å². The highest BCUT2D eigenvalue weighted by Crippen LogP contribution is 2.12. The van der Waals surface area contributed by atoms with E-state index in [-0.39, 0.29) is 12.2 Å². The molecule has 1 aromatic carbocycles. The Hall–Kier alpha value is -2.79. The number of thioether (sulfide) groups is 1. The predicted molar refractivity (Wildman–Crippen MR) is 107 cm³/mol. The smallest absolute Gasteiger partial charge is 0.326 e. The van der Waals surface area contributed by atoms with Crippen LogP contribution in [0, 0.1) is 0 Å². The molecule has 0 heterocycles. The second-order valence-electron chi connectivity index (χ2n) is 6.32. The van der Waals surface area contributed by atoms with Gasteiger partial charge in [-0.2, -0.15) is 11.8 Å². The number of rotatable bonds is 12. The third kappa shape index (κ3) is 8.83. The van der Waals surface area contributed by atoms with Gasteiger partial charge < -0.3 is 31.7 Å². The van der Waals surface area contributed by atoms with Crippen molar-refractivity contribution < 1.29 is 34.5 Å². The summed E-state index contributed by atoms with van der Waals surface area (Å²) in [6, 6.07) is 2.21. The SMILES string of the molecule is CSCCC(N)C(=O)NC(Cc1ccc(O)cc1)C(=O)NC(CC(=O)O)C(=O)O. The highest BCUT2D eigenvalue weighted by molar-refractivity contribution is 7.98. The summed E-state index contributed by atoms with van der Waals surface area (Å²) in [5.41, 5.74) is 6.41. The molecule has 0 saturated heterocycles. The van der Waals surface area contributed by atoms with Gasteiger partial charge in [0.05, 0.1) is 12.5 Å². The van der Waals surface area contributed by atoms with E-state index in [1.54, 1.807) is 12.1 Å². The van der Waals surface area contributed by atoms with E-state index in [4.69, 9.17) is 15.9 Å². The summed E-state index contributed by atoms with van der Waals surface area (Å²) in [5.74, 6) is -3.67. The summed E-state index contributed by atoms with van der Waals surface area (Å²) >= 11 is 1.51. The zero-order chi connectivity index (χ0) is 22.0. The van der Waals surface area contributed by atoms with Gasteiger partial charge in [-0.3, -0.25) is 14.4 Å². The summed E-state index contributed by atoms with van der Waals surface area (Å²) in [6.45, 7) is 0. The summed E-state index contributed by atoms with van der Waals surface area (Å²) in [4.78, 5) is 47.0. The average molecular weight is 427 g/mol. The zero-order valence-corrected chi connectivity index (χ0v) is 16.6. The van der Waals surface area contributed by atoms with Crippen LogP contribution in [0.25, 0.3) is 0 Å². The minimum Gasteiger partial charge on any atom is -0.508 e. The van der Waals surface area contributed by atoms with E-state index in [9.17, 15) is 24.3 Å². The number of phenols is 1. The number of nitrogens with two attached hydrogens (primary N) is 1. The molecule has 10 nitrogen and oxygen atoms in total. The molecule has 0 aliphatic carbocycles. The summed E-state index contributed by atoms with van der Waals surface area (Å²) < 4.78 is 0. The van der Waals surface area contributed by atoms with Crippen LogP contribution in [0.1, 0.15) is 18.4 Å². The summed E-state index contributed by atoms with van der Waals surface area (Å²) in [7, 11) is 0. The number of phenolic OH excluding ortho intramolecular Hbond substituents is 1. The van der Waals surface area contributed by atoms with Crippen LogP contribution in [0.15, 0.2) is 24.3 Å². The van der Waals surface area contributed by atoms with Gasteiger partial charge in [-0.15, -0.1) is 0 Å². The van der Waals surface area contributed by atoms with Crippen molar-refractivity contribution in [3.05, 3.63) is 29.8 Å². The van der Waals surface area contributed by atoms with Crippen molar-refractivity contribution in [1.82, 2.24) is 10.6 Å². The Morgan fingerprint density at radius 3 is 2.14 bits per heavy atom. The molecule has 0 spiro atoms. The van der Waals surface area contributed by atoms with Crippen LogP contribution >= 0.6 is 11.8 Å². The molecule has 160 valence electrons. The van der Waals surface area contributed by atoms with Crippen LogP contribution in [0.5, 0.6) is 5.75 Å². The van der Waals surface area contributed by atoms with Gasteiger partial charge in [-0.05, 0) is 36.1 Å². The Labute approximate surface area is 171 Å². The molecule has 0 aliphatic heterocycles. The van der Waals surface area contributed by atoms with Crippen LogP contribution in [-0.4, -0.2) is 69.2 Å². The lowest BCUT2D eigenvalue weighted by atomic mass is 10.0. The Bertz CT molecular complexity index is 727. The molecule has 0 fully saturated rings. The molecule has 0 bridgehead atoms. The molecule has 1 rings (SSSR count). The maximum atomic E-state index is 12.6. The molecule has 0 radical (unpaired) electrons. The average Bonchev–Trinajstić information content (AvgIpc) is 2.65. The van der Waals surface area contributed by atoms with Crippen LogP contribution < -0.4 is 16.4 Å². The summed E-state index contributed by atoms with van der Waals surface area (Å²) in [5, 5.41) is 32.0. The van der Waals surface area contributed by atoms with Crippen molar-refractivity contribution in [3.8, 4) is 5.75 Å². The van der Waals surface area contributed by atoms with Crippen LogP contribution in [0.3, 0.4) is 0 Å². The third-order valence-corrected chi connectivity index (χ3v) is 4.62. The van der Waals surface area contributed by atoms with E-state index in [0.717, 1.165) is 0 Å². The Balaban J connectivity index is 2.96. The molecule has 7 N–H and O–H groups in total. The Morgan fingerprint density at radius 2 is 1.62 bits per heavy atom. The first-order valence-electron chi connectivity index (χ1n) is 8.71. The van der Waals surface area contributed by atoms with Gasteiger partial charge in [0.15, 0.2) is 0 Å². The number of carboxylic acid groups (broad SMARTS) is 2. The summed E-state index contributed by atoms with van der Waals surface area (Å²) in [6.07, 6.45) is 1.43. The largest absolute Gasteiger partial charge is 0.508 e. The second-order valence-corrected chi connectivity index (χ2v) is 7.30. The molecular formula is C18H25N3O7S. The monoisotopic (exact) mass is 427 g/mol. The van der Waals surface area contributed by atoms with E-state index in [2.05, 4.69) is 10.6 Å². The first-order valence-corrected chi connectivity index (χ1v) is 10.1. The number of carbonyl (C=O) groups excluding carboxylic acids is 2. The number of benzene rings is 1. The number of carboxylic acids is 2. The van der Waals surface area contributed by atoms with Crippen molar-refractivity contribution in [1.29, 1.82) is 0 Å². The van der Waals surface area contributed by atoms with E-state index in [0.29, 0.717) is 17.7 Å². The maximum Gasteiger partial charge on any atom is 0.326 e. The molecule has 0 aliphatic rings. The second kappa shape index (κ2) is 11.9. The fourth-order valence-corrected chi connectivity index (χ4v) is 2.87. The normalized spacial score (nSPS) is 13.7. The lowest BCUT2D eigenvalue weighted by Crippen LogP contribution is -2.55. The minimum absolute atomic E-state index is 0.00743. The number of hydrogen-bond acceptors (Lipinski definition) is 7. The van der Waals surface area contributed by atoms with Crippen molar-refractivity contribution in [2.75, 3.05) is 12.0 Å². The van der Waals surface area contributed by atoms with Gasteiger partial charge in [0.1, 0.15) is 17.8 Å². The van der Waals surface area contributed by atoms with Gasteiger partial charge in [-0.25, -0.2) is 4.79 Å². The first kappa shape index (κ1) is 24.2. The van der Waals surface area contributed by atoms with Gasteiger partial charge in [-0.1, -0.05) is 12.1 Å². The van der Waals surface area contributed by atoms with E-state index >= 15 is 0 Å². The molecular weight excluding hydrogens is 402 g/mol. The van der Waals surface area contributed by atoms with Crippen molar-refractivity contribution in [2.45, 2.75) is 37.4 Å². The fourth-order valence-electron chi connectivity index (χ4n) is 2.38. The minimum atomic E-state index is -1.65. The number of carbonyl (C=O) groups is 4. The van der Waals surface area contributed by atoms with E-state index in [1.807, 2.05) is 6.26 Å². The molecule has 0 saturated carbocycles. The van der Waals surface area contributed by atoms with Gasteiger partial charge in [0, 0.05) is 6.42 Å². The predicted octanol–water partition coefficient (Wildman–Crippen LogP) is -0.456. The van der Waals surface area contributed by atoms with Gasteiger partial charge >= 0.3 is 11.9 Å². The molecule has 3 atom stereocenters. The van der Waals surface area contributed by atoms with Gasteiger partial charge in [0.25, 0.3) is 0 Å². The van der Waals surface area contributed by atoms with Gasteiger partial charge in [0.2, 0.25) is 11.8 Å². The third-order valence-electron chi connectivity index (χ3n) is 3.97. The van der Waals surface area contributed by atoms with Crippen LogP contribution in [0.4, 0.5) is 0 Å². The number of hydrogen-bond donors (Lipinski definition) is 6. The lowest BCUT2D eigenvalue weighted by molar-refractivity contribution is -0.147. The Kier molecular flexibility index (Phi) is 9.97. The molecule has 1 aromatic rings.